The second-order valence-corrected chi connectivity index (χ2v) is 7.73. The molecule has 0 aromatic carbocycles. The summed E-state index contributed by atoms with van der Waals surface area (Å²) in [5.74, 6) is -1.62. The van der Waals surface area contributed by atoms with Crippen LogP contribution in [0.2, 0.25) is 0 Å². The number of alkyl halides is 3. The Morgan fingerprint density at radius 3 is 2.19 bits per heavy atom. The van der Waals surface area contributed by atoms with Crippen LogP contribution in [0.25, 0.3) is 0 Å². The van der Waals surface area contributed by atoms with Crippen molar-refractivity contribution in [2.75, 3.05) is 12.8 Å². The van der Waals surface area contributed by atoms with Crippen LogP contribution in [0.4, 0.5) is 13.2 Å². The topological polar surface area (TPSA) is 66.5 Å². The standard InChI is InChI=1S/C12H19F3N2O3S/c1-16-21(19,20)7-11(18)17-9-2-3-10(17)5-8(4-9)6-12(13,14)15/h8-10,16H,2-7H2,1H3. The molecule has 2 rings (SSSR count). The number of piperidine rings is 1. The number of nitrogens with zero attached hydrogens (tertiary/aromatic N) is 1. The molecule has 21 heavy (non-hydrogen) atoms. The second kappa shape index (κ2) is 5.75. The molecule has 2 atom stereocenters. The van der Waals surface area contributed by atoms with E-state index in [4.69, 9.17) is 0 Å². The largest absolute Gasteiger partial charge is 0.389 e. The Kier molecular flexibility index (Phi) is 4.53. The first kappa shape index (κ1) is 16.5. The minimum atomic E-state index is -4.19. The molecule has 0 aliphatic carbocycles. The van der Waals surface area contributed by atoms with Crippen LogP contribution in [-0.4, -0.2) is 50.3 Å². The van der Waals surface area contributed by atoms with Crippen LogP contribution >= 0.6 is 0 Å². The number of hydrogen-bond donors (Lipinski definition) is 1. The number of amides is 1. The van der Waals surface area contributed by atoms with Gasteiger partial charge in [0.2, 0.25) is 15.9 Å². The number of halogens is 3. The minimum absolute atomic E-state index is 0.254. The molecule has 0 aromatic heterocycles. The van der Waals surface area contributed by atoms with E-state index in [-0.39, 0.29) is 12.1 Å². The third-order valence-electron chi connectivity index (χ3n) is 4.26. The number of fused-ring (bicyclic) bond motifs is 2. The molecule has 0 aromatic rings. The van der Waals surface area contributed by atoms with Crippen LogP contribution in [0.5, 0.6) is 0 Å². The summed E-state index contributed by atoms with van der Waals surface area (Å²) in [7, 11) is -2.42. The molecular weight excluding hydrogens is 309 g/mol. The van der Waals surface area contributed by atoms with Gasteiger partial charge in [-0.3, -0.25) is 4.79 Å². The fraction of sp³-hybridized carbons (Fsp3) is 0.917. The van der Waals surface area contributed by atoms with Crippen molar-refractivity contribution in [1.29, 1.82) is 0 Å². The second-order valence-electron chi connectivity index (χ2n) is 5.81. The lowest BCUT2D eigenvalue weighted by molar-refractivity contribution is -0.152. The molecule has 2 aliphatic heterocycles. The third-order valence-corrected chi connectivity index (χ3v) is 5.51. The van der Waals surface area contributed by atoms with E-state index in [1.54, 1.807) is 0 Å². The maximum atomic E-state index is 12.5. The van der Waals surface area contributed by atoms with Crippen molar-refractivity contribution in [3.8, 4) is 0 Å². The zero-order valence-electron chi connectivity index (χ0n) is 11.7. The zero-order valence-corrected chi connectivity index (χ0v) is 12.5. The summed E-state index contributed by atoms with van der Waals surface area (Å²) in [6, 6.07) is -0.508. The molecular formula is C12H19F3N2O3S. The van der Waals surface area contributed by atoms with Crippen molar-refractivity contribution in [1.82, 2.24) is 9.62 Å². The van der Waals surface area contributed by atoms with Gasteiger partial charge in [0.05, 0.1) is 0 Å². The highest BCUT2D eigenvalue weighted by Gasteiger charge is 2.46. The van der Waals surface area contributed by atoms with Crippen LogP contribution in [-0.2, 0) is 14.8 Å². The number of carbonyl (C=O) groups excluding carboxylic acids is 1. The van der Waals surface area contributed by atoms with E-state index in [2.05, 4.69) is 4.72 Å². The molecule has 2 aliphatic rings. The lowest BCUT2D eigenvalue weighted by atomic mass is 9.88. The van der Waals surface area contributed by atoms with Crippen LogP contribution in [0.3, 0.4) is 0 Å². The van der Waals surface area contributed by atoms with E-state index in [1.165, 1.54) is 11.9 Å². The number of hydrogen-bond acceptors (Lipinski definition) is 3. The highest BCUT2D eigenvalue weighted by molar-refractivity contribution is 7.90. The van der Waals surface area contributed by atoms with Crippen molar-refractivity contribution in [3.63, 3.8) is 0 Å². The van der Waals surface area contributed by atoms with Gasteiger partial charge < -0.3 is 4.90 Å². The Labute approximate surface area is 121 Å². The molecule has 0 radical (unpaired) electrons. The fourth-order valence-electron chi connectivity index (χ4n) is 3.50. The predicted octanol–water partition coefficient (Wildman–Crippen LogP) is 1.26. The summed E-state index contributed by atoms with van der Waals surface area (Å²) in [6.07, 6.45) is -3.08. The SMILES string of the molecule is CNS(=O)(=O)CC(=O)N1C2CCC1CC(CC(F)(F)F)C2. The highest BCUT2D eigenvalue weighted by Crippen LogP contribution is 2.42. The molecule has 122 valence electrons. The first-order valence-electron chi connectivity index (χ1n) is 6.90. The number of carbonyl (C=O) groups is 1. The lowest BCUT2D eigenvalue weighted by Crippen LogP contribution is -2.49. The van der Waals surface area contributed by atoms with E-state index in [0.29, 0.717) is 25.7 Å². The van der Waals surface area contributed by atoms with Crippen molar-refractivity contribution >= 4 is 15.9 Å². The Bertz CT molecular complexity index is 492. The van der Waals surface area contributed by atoms with Crippen molar-refractivity contribution in [3.05, 3.63) is 0 Å². The van der Waals surface area contributed by atoms with Gasteiger partial charge in [-0.25, -0.2) is 13.1 Å². The van der Waals surface area contributed by atoms with Gasteiger partial charge in [0.25, 0.3) is 0 Å². The molecule has 2 unspecified atom stereocenters. The van der Waals surface area contributed by atoms with Gasteiger partial charge in [-0.2, -0.15) is 13.2 Å². The predicted molar refractivity (Wildman–Crippen MR) is 69.9 cm³/mol. The van der Waals surface area contributed by atoms with Crippen molar-refractivity contribution < 1.29 is 26.4 Å². The molecule has 1 N–H and O–H groups in total. The van der Waals surface area contributed by atoms with E-state index in [0.717, 1.165) is 0 Å². The summed E-state index contributed by atoms with van der Waals surface area (Å²) >= 11 is 0. The van der Waals surface area contributed by atoms with E-state index < -0.39 is 40.2 Å². The molecule has 1 amide bonds. The fourth-order valence-corrected chi connectivity index (χ4v) is 4.12. The van der Waals surface area contributed by atoms with Gasteiger partial charge in [0.1, 0.15) is 5.75 Å². The van der Waals surface area contributed by atoms with Crippen LogP contribution in [0.1, 0.15) is 32.1 Å². The zero-order chi connectivity index (χ0) is 15.8. The maximum absolute atomic E-state index is 12.5. The van der Waals surface area contributed by atoms with Gasteiger partial charge in [0.15, 0.2) is 0 Å². The molecule has 9 heteroatoms. The lowest BCUT2D eigenvalue weighted by Gasteiger charge is -2.39. The summed E-state index contributed by atoms with van der Waals surface area (Å²) in [5, 5.41) is 0. The van der Waals surface area contributed by atoms with Gasteiger partial charge in [0, 0.05) is 18.5 Å². The smallest absolute Gasteiger partial charge is 0.336 e. The molecule has 2 heterocycles. The summed E-state index contributed by atoms with van der Waals surface area (Å²) < 4.78 is 62.4. The van der Waals surface area contributed by atoms with E-state index in [1.807, 2.05) is 0 Å². The summed E-state index contributed by atoms with van der Waals surface area (Å²) in [5.41, 5.74) is 0. The average Bonchev–Trinajstić information content (AvgIpc) is 2.59. The first-order chi connectivity index (χ1) is 9.61. The number of rotatable bonds is 4. The summed E-state index contributed by atoms with van der Waals surface area (Å²) in [4.78, 5) is 13.6. The average molecular weight is 328 g/mol. The number of nitrogens with one attached hydrogen (secondary N) is 1. The van der Waals surface area contributed by atoms with Gasteiger partial charge in [-0.15, -0.1) is 0 Å². The molecule has 2 saturated heterocycles. The Morgan fingerprint density at radius 2 is 1.76 bits per heavy atom. The van der Waals surface area contributed by atoms with Gasteiger partial charge >= 0.3 is 6.18 Å². The van der Waals surface area contributed by atoms with Gasteiger partial charge in [-0.05, 0) is 38.6 Å². The van der Waals surface area contributed by atoms with Crippen molar-refractivity contribution in [2.45, 2.75) is 50.4 Å². The molecule has 0 spiro atoms. The van der Waals surface area contributed by atoms with Crippen LogP contribution < -0.4 is 4.72 Å². The first-order valence-corrected chi connectivity index (χ1v) is 8.55. The summed E-state index contributed by atoms with van der Waals surface area (Å²) in [6.45, 7) is 0. The molecule has 2 fully saturated rings. The van der Waals surface area contributed by atoms with Crippen molar-refractivity contribution in [2.24, 2.45) is 5.92 Å². The quantitative estimate of drug-likeness (QED) is 0.845. The van der Waals surface area contributed by atoms with Crippen LogP contribution in [0.15, 0.2) is 0 Å². The third kappa shape index (κ3) is 4.09. The van der Waals surface area contributed by atoms with Crippen LogP contribution in [0, 0.1) is 5.92 Å². The molecule has 5 nitrogen and oxygen atoms in total. The Morgan fingerprint density at radius 1 is 1.24 bits per heavy atom. The highest BCUT2D eigenvalue weighted by atomic mass is 32.2. The Hall–Kier alpha value is -0.830. The maximum Gasteiger partial charge on any atom is 0.389 e. The molecule has 0 saturated carbocycles. The monoisotopic (exact) mass is 328 g/mol. The number of sulfonamides is 1. The Balaban J connectivity index is 2.01. The van der Waals surface area contributed by atoms with E-state index >= 15 is 0 Å². The van der Waals surface area contributed by atoms with E-state index in [9.17, 15) is 26.4 Å². The van der Waals surface area contributed by atoms with Gasteiger partial charge in [-0.1, -0.05) is 0 Å². The minimum Gasteiger partial charge on any atom is -0.336 e. The normalized spacial score (nSPS) is 29.7. The molecule has 2 bridgehead atoms.